The first-order valence-electron chi connectivity index (χ1n) is 10.3. The summed E-state index contributed by atoms with van der Waals surface area (Å²) in [5, 5.41) is 8.30. The van der Waals surface area contributed by atoms with Crippen LogP contribution in [0.2, 0.25) is 0 Å². The van der Waals surface area contributed by atoms with Crippen LogP contribution in [0.1, 0.15) is 35.1 Å². The van der Waals surface area contributed by atoms with Crippen LogP contribution >= 0.6 is 0 Å². The van der Waals surface area contributed by atoms with E-state index < -0.39 is 9.84 Å². The van der Waals surface area contributed by atoms with E-state index >= 15 is 0 Å². The molecule has 5 nitrogen and oxygen atoms in total. The third-order valence-electron chi connectivity index (χ3n) is 6.00. The van der Waals surface area contributed by atoms with Gasteiger partial charge in [-0.1, -0.05) is 24.3 Å². The van der Waals surface area contributed by atoms with Crippen LogP contribution in [0.4, 0.5) is 0 Å². The van der Waals surface area contributed by atoms with Crippen molar-refractivity contribution in [1.82, 2.24) is 15.1 Å². The zero-order valence-corrected chi connectivity index (χ0v) is 18.0. The zero-order valence-electron chi connectivity index (χ0n) is 17.2. The summed E-state index contributed by atoms with van der Waals surface area (Å²) in [5.41, 5.74) is 5.74. The molecule has 0 spiro atoms. The van der Waals surface area contributed by atoms with Crippen LogP contribution < -0.4 is 0 Å². The minimum Gasteiger partial charge on any atom is -0.299 e. The molecule has 2 heterocycles. The molecule has 1 fully saturated rings. The molecule has 0 aliphatic carbocycles. The smallest absolute Gasteiger partial charge is 0.151 e. The normalized spacial score (nSPS) is 18.3. The van der Waals surface area contributed by atoms with Gasteiger partial charge in [-0.05, 0) is 73.0 Å². The number of fused-ring (bicyclic) bond motifs is 1. The number of nitrogens with zero attached hydrogens (tertiary/aromatic N) is 2. The Kier molecular flexibility index (Phi) is 5.74. The lowest BCUT2D eigenvalue weighted by molar-refractivity contribution is 0.167. The van der Waals surface area contributed by atoms with Crippen LogP contribution in [-0.4, -0.2) is 42.9 Å². The summed E-state index contributed by atoms with van der Waals surface area (Å²) in [7, 11) is -3.02. The standard InChI is InChI=1S/C23H29N3O2S/c1-17-20(6-3-7-21(17)16-29(2,27)28)15-26-10-4-5-19(14-26)11-18-8-9-23-22(12-18)13-24-25-23/h3,6-9,12-13,19H,4-5,10-11,14-16H2,1-2H3,(H,24,25)/t19-/m1/s1. The number of aromatic amines is 1. The van der Waals surface area contributed by atoms with Crippen LogP contribution in [0.15, 0.2) is 42.6 Å². The SMILES string of the molecule is Cc1c(CN2CCC[C@H](Cc3ccc4[nH]ncc4c3)C2)cccc1CS(C)(=O)=O. The Labute approximate surface area is 173 Å². The van der Waals surface area contributed by atoms with Gasteiger partial charge >= 0.3 is 0 Å². The second-order valence-corrected chi connectivity index (χ2v) is 10.7. The van der Waals surface area contributed by atoms with Crippen molar-refractivity contribution in [1.29, 1.82) is 0 Å². The fourth-order valence-electron chi connectivity index (χ4n) is 4.50. The van der Waals surface area contributed by atoms with Crippen molar-refractivity contribution in [2.24, 2.45) is 5.92 Å². The summed E-state index contributed by atoms with van der Waals surface area (Å²) in [6.45, 7) is 5.13. The second-order valence-electron chi connectivity index (χ2n) is 8.51. The molecule has 0 amide bonds. The number of rotatable bonds is 6. The first kappa shape index (κ1) is 20.1. The van der Waals surface area contributed by atoms with E-state index in [9.17, 15) is 8.42 Å². The third-order valence-corrected chi connectivity index (χ3v) is 6.84. The van der Waals surface area contributed by atoms with Crippen molar-refractivity contribution >= 4 is 20.7 Å². The van der Waals surface area contributed by atoms with Crippen molar-refractivity contribution in [3.05, 3.63) is 64.8 Å². The maximum Gasteiger partial charge on any atom is 0.151 e. The topological polar surface area (TPSA) is 66.1 Å². The third kappa shape index (κ3) is 5.06. The lowest BCUT2D eigenvalue weighted by Crippen LogP contribution is -2.36. The average molecular weight is 412 g/mol. The van der Waals surface area contributed by atoms with Gasteiger partial charge in [-0.25, -0.2) is 8.42 Å². The number of benzene rings is 2. The molecule has 1 atom stereocenters. The van der Waals surface area contributed by atoms with Crippen LogP contribution in [-0.2, 0) is 28.6 Å². The summed E-state index contributed by atoms with van der Waals surface area (Å²) in [6, 6.07) is 12.6. The molecule has 0 saturated carbocycles. The Morgan fingerprint density at radius 3 is 2.86 bits per heavy atom. The lowest BCUT2D eigenvalue weighted by Gasteiger charge is -2.33. The number of hydrogen-bond donors (Lipinski definition) is 1. The van der Waals surface area contributed by atoms with E-state index in [0.717, 1.165) is 42.7 Å². The van der Waals surface area contributed by atoms with Crippen molar-refractivity contribution in [3.63, 3.8) is 0 Å². The molecular weight excluding hydrogens is 382 g/mol. The van der Waals surface area contributed by atoms with Gasteiger partial charge in [-0.2, -0.15) is 5.10 Å². The van der Waals surface area contributed by atoms with Crippen LogP contribution in [0.3, 0.4) is 0 Å². The number of likely N-dealkylation sites (tertiary alicyclic amines) is 1. The molecule has 1 N–H and O–H groups in total. The molecule has 1 aliphatic rings. The molecule has 29 heavy (non-hydrogen) atoms. The van der Waals surface area contributed by atoms with Crippen molar-refractivity contribution < 1.29 is 8.42 Å². The molecule has 154 valence electrons. The summed E-state index contributed by atoms with van der Waals surface area (Å²) >= 11 is 0. The Morgan fingerprint density at radius 1 is 1.21 bits per heavy atom. The minimum atomic E-state index is -3.02. The number of nitrogens with one attached hydrogen (secondary N) is 1. The van der Waals surface area contributed by atoms with E-state index in [0.29, 0.717) is 5.92 Å². The molecular formula is C23H29N3O2S. The Morgan fingerprint density at radius 2 is 2.03 bits per heavy atom. The number of aromatic nitrogens is 2. The molecule has 1 aliphatic heterocycles. The van der Waals surface area contributed by atoms with E-state index in [1.165, 1.54) is 35.6 Å². The summed E-state index contributed by atoms with van der Waals surface area (Å²) < 4.78 is 23.4. The highest BCUT2D eigenvalue weighted by atomic mass is 32.2. The van der Waals surface area contributed by atoms with Gasteiger partial charge in [0.15, 0.2) is 9.84 Å². The van der Waals surface area contributed by atoms with Gasteiger partial charge in [0.2, 0.25) is 0 Å². The summed E-state index contributed by atoms with van der Waals surface area (Å²) in [4.78, 5) is 2.52. The fourth-order valence-corrected chi connectivity index (χ4v) is 5.38. The molecule has 0 radical (unpaired) electrons. The van der Waals surface area contributed by atoms with Crippen LogP contribution in [0, 0.1) is 12.8 Å². The number of hydrogen-bond acceptors (Lipinski definition) is 4. The van der Waals surface area contributed by atoms with Crippen molar-refractivity contribution in [3.8, 4) is 0 Å². The predicted molar refractivity (Wildman–Crippen MR) is 118 cm³/mol. The highest BCUT2D eigenvalue weighted by Gasteiger charge is 2.21. The Balaban J connectivity index is 1.43. The molecule has 2 aromatic carbocycles. The molecule has 3 aromatic rings. The Hall–Kier alpha value is -2.18. The van der Waals surface area contributed by atoms with Crippen molar-refractivity contribution in [2.75, 3.05) is 19.3 Å². The van der Waals surface area contributed by atoms with Gasteiger partial charge in [0.05, 0.1) is 17.5 Å². The summed E-state index contributed by atoms with van der Waals surface area (Å²) in [5.74, 6) is 0.763. The van der Waals surface area contributed by atoms with E-state index in [1.807, 2.05) is 18.3 Å². The maximum absolute atomic E-state index is 11.7. The molecule has 6 heteroatoms. The van der Waals surface area contributed by atoms with E-state index in [-0.39, 0.29) is 5.75 Å². The van der Waals surface area contributed by atoms with Crippen LogP contribution in [0.5, 0.6) is 0 Å². The zero-order chi connectivity index (χ0) is 20.4. The van der Waals surface area contributed by atoms with Gasteiger partial charge in [-0.15, -0.1) is 0 Å². The van der Waals surface area contributed by atoms with E-state index in [4.69, 9.17) is 0 Å². The average Bonchev–Trinajstić information content (AvgIpc) is 3.12. The quantitative estimate of drug-likeness (QED) is 0.669. The minimum absolute atomic E-state index is 0.117. The maximum atomic E-state index is 11.7. The highest BCUT2D eigenvalue weighted by Crippen LogP contribution is 2.25. The highest BCUT2D eigenvalue weighted by molar-refractivity contribution is 7.89. The second kappa shape index (κ2) is 8.28. The monoisotopic (exact) mass is 411 g/mol. The lowest BCUT2D eigenvalue weighted by atomic mass is 9.90. The summed E-state index contributed by atoms with van der Waals surface area (Å²) in [6.07, 6.45) is 6.74. The predicted octanol–water partition coefficient (Wildman–Crippen LogP) is 3.87. The van der Waals surface area contributed by atoms with Gasteiger partial charge in [-0.3, -0.25) is 10.00 Å². The molecule has 0 unspecified atom stereocenters. The number of piperidine rings is 1. The molecule has 4 rings (SSSR count). The molecule has 0 bridgehead atoms. The molecule has 1 aromatic heterocycles. The fraction of sp³-hybridized carbons (Fsp3) is 0.435. The van der Waals surface area contributed by atoms with Crippen LogP contribution in [0.25, 0.3) is 10.9 Å². The van der Waals surface area contributed by atoms with Gasteiger partial charge in [0, 0.05) is 24.7 Å². The molecule has 1 saturated heterocycles. The number of H-pyrrole nitrogens is 1. The first-order valence-corrected chi connectivity index (χ1v) is 12.3. The van der Waals surface area contributed by atoms with E-state index in [2.05, 4.69) is 46.3 Å². The van der Waals surface area contributed by atoms with Gasteiger partial charge < -0.3 is 0 Å². The Bertz CT molecular complexity index is 1100. The van der Waals surface area contributed by atoms with Gasteiger partial charge in [0.25, 0.3) is 0 Å². The van der Waals surface area contributed by atoms with Crippen molar-refractivity contribution in [2.45, 2.75) is 38.5 Å². The first-order chi connectivity index (χ1) is 13.9. The largest absolute Gasteiger partial charge is 0.299 e. The van der Waals surface area contributed by atoms with E-state index in [1.54, 1.807) is 0 Å². The number of sulfone groups is 1. The van der Waals surface area contributed by atoms with Gasteiger partial charge in [0.1, 0.15) is 0 Å².